The van der Waals surface area contributed by atoms with E-state index in [0.29, 0.717) is 25.6 Å². The SMILES string of the molecule is O=C(NN=Cc1c(Cl)cccc1Cl)c1cc(-c2ccc(Cl)s2)[nH]n1. The average Bonchev–Trinajstić information content (AvgIpc) is 3.19. The summed E-state index contributed by atoms with van der Waals surface area (Å²) < 4.78 is 0.659. The van der Waals surface area contributed by atoms with Crippen molar-refractivity contribution >= 4 is 58.3 Å². The zero-order valence-electron chi connectivity index (χ0n) is 11.9. The summed E-state index contributed by atoms with van der Waals surface area (Å²) in [6.45, 7) is 0. The van der Waals surface area contributed by atoms with Crippen molar-refractivity contribution in [2.45, 2.75) is 0 Å². The molecule has 0 atom stereocenters. The zero-order chi connectivity index (χ0) is 17.1. The summed E-state index contributed by atoms with van der Waals surface area (Å²) in [5.74, 6) is -0.459. The van der Waals surface area contributed by atoms with Crippen LogP contribution >= 0.6 is 46.1 Å². The van der Waals surface area contributed by atoms with Crippen molar-refractivity contribution in [2.75, 3.05) is 0 Å². The van der Waals surface area contributed by atoms with Gasteiger partial charge >= 0.3 is 0 Å². The molecule has 0 saturated heterocycles. The van der Waals surface area contributed by atoms with Crippen LogP contribution < -0.4 is 5.43 Å². The van der Waals surface area contributed by atoms with Crippen LogP contribution in [0.2, 0.25) is 14.4 Å². The summed E-state index contributed by atoms with van der Waals surface area (Å²) in [5.41, 5.74) is 3.81. The molecule has 2 heterocycles. The number of amides is 1. The minimum Gasteiger partial charge on any atom is -0.276 e. The molecule has 0 fully saturated rings. The quantitative estimate of drug-likeness (QED) is 0.486. The van der Waals surface area contributed by atoms with Crippen molar-refractivity contribution in [1.82, 2.24) is 15.6 Å². The lowest BCUT2D eigenvalue weighted by atomic mass is 10.2. The van der Waals surface area contributed by atoms with Crippen LogP contribution in [0.4, 0.5) is 0 Å². The molecule has 9 heteroatoms. The molecule has 3 aromatic rings. The molecule has 122 valence electrons. The summed E-state index contributed by atoms with van der Waals surface area (Å²) >= 11 is 19.3. The Morgan fingerprint density at radius 1 is 1.21 bits per heavy atom. The number of nitrogens with zero attached hydrogens (tertiary/aromatic N) is 2. The van der Waals surface area contributed by atoms with Crippen LogP contribution in [0.15, 0.2) is 41.5 Å². The molecule has 0 aliphatic heterocycles. The monoisotopic (exact) mass is 398 g/mol. The molecular weight excluding hydrogens is 391 g/mol. The highest BCUT2D eigenvalue weighted by molar-refractivity contribution is 7.19. The van der Waals surface area contributed by atoms with Gasteiger partial charge in [-0.15, -0.1) is 11.3 Å². The molecule has 24 heavy (non-hydrogen) atoms. The molecule has 2 aromatic heterocycles. The van der Waals surface area contributed by atoms with Gasteiger partial charge < -0.3 is 0 Å². The van der Waals surface area contributed by atoms with Gasteiger partial charge in [0.1, 0.15) is 0 Å². The molecule has 1 amide bonds. The number of benzene rings is 1. The Morgan fingerprint density at radius 2 is 1.96 bits per heavy atom. The molecule has 3 rings (SSSR count). The second-order valence-electron chi connectivity index (χ2n) is 4.61. The summed E-state index contributed by atoms with van der Waals surface area (Å²) in [7, 11) is 0. The Labute approximate surface area is 156 Å². The van der Waals surface area contributed by atoms with Crippen molar-refractivity contribution in [3.8, 4) is 10.6 Å². The van der Waals surface area contributed by atoms with Crippen LogP contribution in [0.1, 0.15) is 16.1 Å². The predicted octanol–water partition coefficient (Wildman–Crippen LogP) is 4.86. The van der Waals surface area contributed by atoms with Crippen LogP contribution in [0.5, 0.6) is 0 Å². The normalized spacial score (nSPS) is 11.1. The zero-order valence-corrected chi connectivity index (χ0v) is 15.0. The van der Waals surface area contributed by atoms with E-state index in [9.17, 15) is 4.79 Å². The lowest BCUT2D eigenvalue weighted by Crippen LogP contribution is -2.18. The highest BCUT2D eigenvalue weighted by atomic mass is 35.5. The van der Waals surface area contributed by atoms with Gasteiger partial charge in [0.15, 0.2) is 5.69 Å². The third-order valence-corrected chi connectivity index (χ3v) is 4.93. The second kappa shape index (κ2) is 7.36. The number of hydrazone groups is 1. The van der Waals surface area contributed by atoms with E-state index in [1.165, 1.54) is 17.6 Å². The molecule has 0 aliphatic rings. The third kappa shape index (κ3) is 3.79. The number of hydrogen-bond donors (Lipinski definition) is 2. The van der Waals surface area contributed by atoms with Crippen LogP contribution in [0.25, 0.3) is 10.6 Å². The fourth-order valence-corrected chi connectivity index (χ4v) is 3.37. The van der Waals surface area contributed by atoms with E-state index in [4.69, 9.17) is 34.8 Å². The Kier molecular flexibility index (Phi) is 5.20. The number of hydrogen-bond acceptors (Lipinski definition) is 4. The van der Waals surface area contributed by atoms with Gasteiger partial charge in [-0.05, 0) is 30.3 Å². The maximum atomic E-state index is 12.1. The predicted molar refractivity (Wildman–Crippen MR) is 98.4 cm³/mol. The lowest BCUT2D eigenvalue weighted by Gasteiger charge is -2.00. The van der Waals surface area contributed by atoms with E-state index < -0.39 is 5.91 Å². The highest BCUT2D eigenvalue weighted by Crippen LogP contribution is 2.29. The van der Waals surface area contributed by atoms with Crippen molar-refractivity contribution in [3.05, 3.63) is 62.0 Å². The first kappa shape index (κ1) is 17.0. The van der Waals surface area contributed by atoms with Crippen LogP contribution in [0, 0.1) is 0 Å². The summed E-state index contributed by atoms with van der Waals surface area (Å²) in [4.78, 5) is 12.9. The summed E-state index contributed by atoms with van der Waals surface area (Å²) in [5, 5.41) is 11.5. The number of H-pyrrole nitrogens is 1. The van der Waals surface area contributed by atoms with E-state index in [2.05, 4.69) is 20.7 Å². The number of thiophene rings is 1. The van der Waals surface area contributed by atoms with Gasteiger partial charge in [0.2, 0.25) is 0 Å². The third-order valence-electron chi connectivity index (χ3n) is 3.01. The van der Waals surface area contributed by atoms with Crippen molar-refractivity contribution in [1.29, 1.82) is 0 Å². The first-order valence-corrected chi connectivity index (χ1v) is 8.58. The lowest BCUT2D eigenvalue weighted by molar-refractivity contribution is 0.0950. The molecule has 5 nitrogen and oxygen atoms in total. The maximum Gasteiger partial charge on any atom is 0.291 e. The number of carbonyl (C=O) groups is 1. The smallest absolute Gasteiger partial charge is 0.276 e. The standard InChI is InChI=1S/C15H9Cl3N4OS/c16-9-2-1-3-10(17)8(9)7-19-22-15(23)12-6-11(20-21-12)13-4-5-14(18)24-13/h1-7H,(H,20,21)(H,22,23). The number of carbonyl (C=O) groups excluding carboxylic acids is 1. The van der Waals surface area contributed by atoms with Crippen molar-refractivity contribution < 1.29 is 4.79 Å². The minimum absolute atomic E-state index is 0.205. The number of halogens is 3. The fraction of sp³-hybridized carbons (Fsp3) is 0. The molecule has 0 spiro atoms. The fourth-order valence-electron chi connectivity index (χ4n) is 1.87. The summed E-state index contributed by atoms with van der Waals surface area (Å²) in [6, 6.07) is 10.3. The van der Waals surface area contributed by atoms with Gasteiger partial charge in [-0.25, -0.2) is 5.43 Å². The maximum absolute atomic E-state index is 12.1. The molecule has 0 radical (unpaired) electrons. The van der Waals surface area contributed by atoms with Gasteiger partial charge in [-0.3, -0.25) is 9.89 Å². The molecule has 0 aliphatic carbocycles. The number of aromatic amines is 1. The Morgan fingerprint density at radius 3 is 2.62 bits per heavy atom. The van der Waals surface area contributed by atoms with Gasteiger partial charge in [0.05, 0.1) is 31.2 Å². The van der Waals surface area contributed by atoms with Gasteiger partial charge in [-0.1, -0.05) is 40.9 Å². The van der Waals surface area contributed by atoms with E-state index in [-0.39, 0.29) is 5.69 Å². The van der Waals surface area contributed by atoms with Crippen LogP contribution in [-0.2, 0) is 0 Å². The topological polar surface area (TPSA) is 70.1 Å². The molecule has 1 aromatic carbocycles. The minimum atomic E-state index is -0.459. The van der Waals surface area contributed by atoms with Crippen molar-refractivity contribution in [3.63, 3.8) is 0 Å². The van der Waals surface area contributed by atoms with Gasteiger partial charge in [0.25, 0.3) is 5.91 Å². The number of nitrogens with one attached hydrogen (secondary N) is 2. The van der Waals surface area contributed by atoms with E-state index in [1.54, 1.807) is 30.3 Å². The Bertz CT molecular complexity index is 899. The van der Waals surface area contributed by atoms with E-state index >= 15 is 0 Å². The molecule has 0 bridgehead atoms. The Balaban J connectivity index is 1.70. The highest BCUT2D eigenvalue weighted by Gasteiger charge is 2.12. The molecule has 2 N–H and O–H groups in total. The Hall–Kier alpha value is -1.86. The van der Waals surface area contributed by atoms with Gasteiger partial charge in [-0.2, -0.15) is 10.2 Å². The molecule has 0 saturated carbocycles. The average molecular weight is 400 g/mol. The summed E-state index contributed by atoms with van der Waals surface area (Å²) in [6.07, 6.45) is 1.38. The molecule has 0 unspecified atom stereocenters. The first-order chi connectivity index (χ1) is 11.5. The largest absolute Gasteiger partial charge is 0.291 e. The van der Waals surface area contributed by atoms with Gasteiger partial charge in [0, 0.05) is 5.56 Å². The van der Waals surface area contributed by atoms with Crippen LogP contribution in [-0.4, -0.2) is 22.3 Å². The number of aromatic nitrogens is 2. The molecular formula is C15H9Cl3N4OS. The van der Waals surface area contributed by atoms with Crippen LogP contribution in [0.3, 0.4) is 0 Å². The van der Waals surface area contributed by atoms with Crippen molar-refractivity contribution in [2.24, 2.45) is 5.10 Å². The number of rotatable bonds is 4. The second-order valence-corrected chi connectivity index (χ2v) is 7.13. The van der Waals surface area contributed by atoms with E-state index in [0.717, 1.165) is 4.88 Å². The first-order valence-electron chi connectivity index (χ1n) is 6.63. The van der Waals surface area contributed by atoms with E-state index in [1.807, 2.05) is 6.07 Å².